The molecule has 1 unspecified atom stereocenters. The number of carbonyl (C=O) groups is 3. The van der Waals surface area contributed by atoms with E-state index < -0.39 is 17.7 Å². The summed E-state index contributed by atoms with van der Waals surface area (Å²) in [5.74, 6) is 0.123. The normalized spacial score (nSPS) is 16.5. The number of imidazole rings is 1. The molecule has 60 heavy (non-hydrogen) atoms. The molecule has 14 heteroatoms. The SMILES string of the molecule is C[C@@H](c1ccc(Cl)cc1)n1cnc(-c2ccccc2)c1-c1c(C(=O)Nc2cccnc2N2CCC(NC(=O)C3CCCN3C(=O)OC(C)(C)C)CC2)[nH]c2cc(Cl)ccc12. The number of hydrogen-bond donors (Lipinski definition) is 3. The maximum absolute atomic E-state index is 14.8. The van der Waals surface area contributed by atoms with Gasteiger partial charge in [-0.05, 0) is 95.3 Å². The number of halogens is 2. The van der Waals surface area contributed by atoms with Crippen LogP contribution in [0.5, 0.6) is 0 Å². The molecule has 6 aromatic rings. The van der Waals surface area contributed by atoms with E-state index in [1.54, 1.807) is 17.2 Å². The van der Waals surface area contributed by atoms with E-state index in [2.05, 4.69) is 32.0 Å². The minimum Gasteiger partial charge on any atom is -0.444 e. The van der Waals surface area contributed by atoms with Crippen LogP contribution < -0.4 is 15.5 Å². The monoisotopic (exact) mass is 846 g/mol. The first-order valence-electron chi connectivity index (χ1n) is 20.3. The van der Waals surface area contributed by atoms with Gasteiger partial charge in [0, 0.05) is 63.9 Å². The maximum Gasteiger partial charge on any atom is 0.410 e. The van der Waals surface area contributed by atoms with Gasteiger partial charge in [0.2, 0.25) is 5.91 Å². The van der Waals surface area contributed by atoms with Crippen LogP contribution in [-0.2, 0) is 9.53 Å². The fourth-order valence-electron chi connectivity index (χ4n) is 8.24. The van der Waals surface area contributed by atoms with Crippen molar-refractivity contribution in [3.8, 4) is 22.5 Å². The zero-order chi connectivity index (χ0) is 42.1. The number of likely N-dealkylation sites (tertiary alicyclic amines) is 1. The highest BCUT2D eigenvalue weighted by molar-refractivity contribution is 6.31. The molecular formula is C46H48Cl2N8O4. The number of hydrogen-bond acceptors (Lipinski definition) is 7. The largest absolute Gasteiger partial charge is 0.444 e. The molecule has 0 radical (unpaired) electrons. The third kappa shape index (κ3) is 8.57. The number of fused-ring (bicyclic) bond motifs is 1. The molecule has 5 heterocycles. The standard InChI is InChI=1S/C46H48Cl2N8O4/c1-28(29-14-16-31(47)17-15-29)56-27-50-39(30-10-6-5-7-11-30)41(56)38-34-19-18-32(48)26-36(34)52-40(38)44(58)53-35-12-8-22-49-42(35)54-24-20-33(21-25-54)51-43(57)37-13-9-23-55(37)45(59)60-46(2,3)4/h5-8,10-12,14-19,22,26-28,33,37,52H,9,13,20-21,23-25H2,1-4H3,(H,51,57)(H,53,58)/t28-,37?/m0/s1. The number of amides is 3. The van der Waals surface area contributed by atoms with E-state index in [1.807, 2.05) is 106 Å². The number of benzene rings is 3. The summed E-state index contributed by atoms with van der Waals surface area (Å²) < 4.78 is 7.67. The van der Waals surface area contributed by atoms with Gasteiger partial charge in [-0.25, -0.2) is 14.8 Å². The topological polar surface area (TPSA) is 137 Å². The van der Waals surface area contributed by atoms with Crippen molar-refractivity contribution < 1.29 is 19.1 Å². The van der Waals surface area contributed by atoms with Gasteiger partial charge in [0.05, 0.1) is 29.4 Å². The van der Waals surface area contributed by atoms with Crippen molar-refractivity contribution in [3.05, 3.63) is 119 Å². The molecule has 0 bridgehead atoms. The summed E-state index contributed by atoms with van der Waals surface area (Å²) in [6.07, 6.45) is 5.76. The highest BCUT2D eigenvalue weighted by atomic mass is 35.5. The molecule has 0 saturated carbocycles. The first kappa shape index (κ1) is 40.9. The van der Waals surface area contributed by atoms with E-state index in [0.29, 0.717) is 77.2 Å². The lowest BCUT2D eigenvalue weighted by Gasteiger charge is -2.35. The lowest BCUT2D eigenvalue weighted by molar-refractivity contribution is -0.126. The summed E-state index contributed by atoms with van der Waals surface area (Å²) in [6.45, 7) is 9.25. The molecule has 2 atom stereocenters. The average molecular weight is 848 g/mol. The number of nitrogens with one attached hydrogen (secondary N) is 3. The number of rotatable bonds is 9. The third-order valence-corrected chi connectivity index (χ3v) is 11.7. The molecule has 12 nitrogen and oxygen atoms in total. The Kier molecular flexibility index (Phi) is 11.6. The molecule has 8 rings (SSSR count). The fraction of sp³-hybridized carbons (Fsp3) is 0.326. The van der Waals surface area contributed by atoms with Crippen molar-refractivity contribution in [2.75, 3.05) is 29.9 Å². The Morgan fingerprint density at radius 1 is 0.883 bits per heavy atom. The molecule has 2 fully saturated rings. The van der Waals surface area contributed by atoms with E-state index in [1.165, 1.54) is 0 Å². The van der Waals surface area contributed by atoms with Gasteiger partial charge in [0.25, 0.3) is 5.91 Å². The summed E-state index contributed by atoms with van der Waals surface area (Å²) >= 11 is 12.8. The van der Waals surface area contributed by atoms with Crippen LogP contribution in [-0.4, -0.2) is 79.6 Å². The van der Waals surface area contributed by atoms with Gasteiger partial charge >= 0.3 is 6.09 Å². The van der Waals surface area contributed by atoms with E-state index >= 15 is 0 Å². The van der Waals surface area contributed by atoms with Gasteiger partial charge in [-0.15, -0.1) is 0 Å². The minimum atomic E-state index is -0.643. The number of nitrogens with zero attached hydrogens (tertiary/aromatic N) is 5. The number of anilines is 2. The van der Waals surface area contributed by atoms with Gasteiger partial charge in [-0.2, -0.15) is 0 Å². The molecular weight excluding hydrogens is 799 g/mol. The van der Waals surface area contributed by atoms with Crippen LogP contribution in [0.25, 0.3) is 33.4 Å². The summed E-state index contributed by atoms with van der Waals surface area (Å²) in [5.41, 5.74) is 5.07. The quantitative estimate of drug-likeness (QED) is 0.132. The molecule has 2 aliphatic heterocycles. The van der Waals surface area contributed by atoms with Crippen LogP contribution in [0.1, 0.15) is 75.5 Å². The predicted molar refractivity (Wildman–Crippen MR) is 237 cm³/mol. The summed E-state index contributed by atoms with van der Waals surface area (Å²) in [5, 5.41) is 8.38. The van der Waals surface area contributed by atoms with E-state index in [-0.39, 0.29) is 23.9 Å². The number of piperidine rings is 1. The maximum atomic E-state index is 14.8. The van der Waals surface area contributed by atoms with Gasteiger partial charge in [-0.3, -0.25) is 14.5 Å². The smallest absolute Gasteiger partial charge is 0.410 e. The molecule has 3 N–H and O–H groups in total. The first-order valence-corrected chi connectivity index (χ1v) is 21.1. The van der Waals surface area contributed by atoms with E-state index in [4.69, 9.17) is 37.9 Å². The Morgan fingerprint density at radius 2 is 1.62 bits per heavy atom. The third-order valence-electron chi connectivity index (χ3n) is 11.2. The van der Waals surface area contributed by atoms with Crippen LogP contribution >= 0.6 is 23.2 Å². The second-order valence-corrected chi connectivity index (χ2v) is 17.3. The van der Waals surface area contributed by atoms with E-state index in [0.717, 1.165) is 34.3 Å². The van der Waals surface area contributed by atoms with Crippen LogP contribution in [0.3, 0.4) is 0 Å². The minimum absolute atomic E-state index is 0.0729. The molecule has 3 amide bonds. The Morgan fingerprint density at radius 3 is 2.35 bits per heavy atom. The Labute approximate surface area is 359 Å². The number of aromatic amines is 1. The number of H-pyrrole nitrogens is 1. The van der Waals surface area contributed by atoms with Crippen molar-refractivity contribution in [2.45, 2.75) is 77.1 Å². The Bertz CT molecular complexity index is 2520. The van der Waals surface area contributed by atoms with Crippen molar-refractivity contribution in [1.29, 1.82) is 0 Å². The highest BCUT2D eigenvalue weighted by Crippen LogP contribution is 2.42. The first-order chi connectivity index (χ1) is 28.8. The number of ether oxygens (including phenoxy) is 1. The molecule has 310 valence electrons. The molecule has 0 aliphatic carbocycles. The molecule has 3 aromatic carbocycles. The average Bonchev–Trinajstić information content (AvgIpc) is 3.99. The van der Waals surface area contributed by atoms with Crippen molar-refractivity contribution in [2.24, 2.45) is 0 Å². The molecule has 2 saturated heterocycles. The molecule has 3 aromatic heterocycles. The number of pyridine rings is 1. The number of aromatic nitrogens is 4. The van der Waals surface area contributed by atoms with Gasteiger partial charge < -0.3 is 29.8 Å². The lowest BCUT2D eigenvalue weighted by Crippen LogP contribution is -2.52. The summed E-state index contributed by atoms with van der Waals surface area (Å²) in [4.78, 5) is 57.8. The van der Waals surface area contributed by atoms with Crippen LogP contribution in [0.15, 0.2) is 97.5 Å². The van der Waals surface area contributed by atoms with Crippen molar-refractivity contribution in [1.82, 2.24) is 29.7 Å². The Balaban J connectivity index is 1.06. The second kappa shape index (κ2) is 17.0. The van der Waals surface area contributed by atoms with Crippen molar-refractivity contribution in [3.63, 3.8) is 0 Å². The van der Waals surface area contributed by atoms with Crippen LogP contribution in [0.4, 0.5) is 16.3 Å². The van der Waals surface area contributed by atoms with Crippen LogP contribution in [0.2, 0.25) is 10.0 Å². The zero-order valence-electron chi connectivity index (χ0n) is 34.0. The van der Waals surface area contributed by atoms with Gasteiger partial charge in [0.15, 0.2) is 5.82 Å². The van der Waals surface area contributed by atoms with Crippen LogP contribution in [0, 0.1) is 0 Å². The van der Waals surface area contributed by atoms with Crippen molar-refractivity contribution >= 4 is 63.5 Å². The highest BCUT2D eigenvalue weighted by Gasteiger charge is 2.38. The predicted octanol–water partition coefficient (Wildman–Crippen LogP) is 9.75. The van der Waals surface area contributed by atoms with E-state index in [9.17, 15) is 14.4 Å². The molecule has 0 spiro atoms. The van der Waals surface area contributed by atoms with Gasteiger partial charge in [0.1, 0.15) is 17.3 Å². The summed E-state index contributed by atoms with van der Waals surface area (Å²) in [7, 11) is 0. The second-order valence-electron chi connectivity index (χ2n) is 16.4. The lowest BCUT2D eigenvalue weighted by atomic mass is 9.99. The number of carbonyl (C=O) groups excluding carboxylic acids is 3. The fourth-order valence-corrected chi connectivity index (χ4v) is 8.54. The van der Waals surface area contributed by atoms with Gasteiger partial charge in [-0.1, -0.05) is 71.7 Å². The zero-order valence-corrected chi connectivity index (χ0v) is 35.6. The molecule has 2 aliphatic rings. The Hall–Kier alpha value is -5.85. The summed E-state index contributed by atoms with van der Waals surface area (Å²) in [6, 6.07) is 26.1.